The highest BCUT2D eigenvalue weighted by Gasteiger charge is 2.41. The number of methoxy groups -OCH3 is 1. The molecule has 1 aliphatic carbocycles. The summed E-state index contributed by atoms with van der Waals surface area (Å²) in [5, 5.41) is 3.35. The van der Waals surface area contributed by atoms with Crippen LogP contribution in [0.2, 0.25) is 0 Å². The summed E-state index contributed by atoms with van der Waals surface area (Å²) in [6.07, 6.45) is 5.05. The third-order valence-electron chi connectivity index (χ3n) is 4.55. The molecule has 0 aliphatic heterocycles. The number of nitrogens with one attached hydrogen (secondary N) is 1. The van der Waals surface area contributed by atoms with E-state index in [0.717, 1.165) is 12.8 Å². The van der Waals surface area contributed by atoms with Gasteiger partial charge in [-0.2, -0.15) is 0 Å². The molecular formula is C17H26FNO2. The molecule has 0 saturated heterocycles. The van der Waals surface area contributed by atoms with Gasteiger partial charge >= 0.3 is 0 Å². The van der Waals surface area contributed by atoms with Crippen LogP contribution in [0.25, 0.3) is 0 Å². The Balaban J connectivity index is 2.22. The summed E-state index contributed by atoms with van der Waals surface area (Å²) in [7, 11) is 3.43. The lowest BCUT2D eigenvalue weighted by molar-refractivity contribution is -0.0598. The molecule has 1 N–H and O–H groups in total. The normalized spacial score (nSPS) is 18.7. The highest BCUT2D eigenvalue weighted by Crippen LogP contribution is 2.37. The van der Waals surface area contributed by atoms with Crippen molar-refractivity contribution in [2.24, 2.45) is 0 Å². The fraction of sp³-hybridized carbons (Fsp3) is 0.647. The van der Waals surface area contributed by atoms with Crippen molar-refractivity contribution in [2.45, 2.75) is 50.7 Å². The lowest BCUT2D eigenvalue weighted by Gasteiger charge is -2.37. The Hall–Kier alpha value is -1.13. The number of hydrogen-bond acceptors (Lipinski definition) is 3. The summed E-state index contributed by atoms with van der Waals surface area (Å²) in [6.45, 7) is 2.72. The zero-order chi connectivity index (χ0) is 15.3. The van der Waals surface area contributed by atoms with Crippen molar-refractivity contribution >= 4 is 0 Å². The smallest absolute Gasteiger partial charge is 0.168 e. The molecule has 3 nitrogen and oxygen atoms in total. The molecule has 1 saturated carbocycles. The van der Waals surface area contributed by atoms with Crippen molar-refractivity contribution in [2.75, 3.05) is 20.8 Å². The van der Waals surface area contributed by atoms with Gasteiger partial charge in [0.2, 0.25) is 0 Å². The maximum Gasteiger partial charge on any atom is 0.168 e. The largest absolute Gasteiger partial charge is 0.494 e. The number of likely N-dealkylation sites (N-methyl/N-ethyl adjacent to an activating group) is 1. The van der Waals surface area contributed by atoms with Crippen LogP contribution in [0.4, 0.5) is 4.39 Å². The van der Waals surface area contributed by atoms with Gasteiger partial charge in [-0.25, -0.2) is 4.39 Å². The SMILES string of the molecule is CCOC1(C(Cc2cccc(OC)c2F)NC)CCCC1. The van der Waals surface area contributed by atoms with Crippen molar-refractivity contribution in [3.8, 4) is 5.75 Å². The maximum atomic E-state index is 14.4. The van der Waals surface area contributed by atoms with Gasteiger partial charge in [0.15, 0.2) is 11.6 Å². The molecule has 0 amide bonds. The second-order valence-electron chi connectivity index (χ2n) is 5.68. The minimum absolute atomic E-state index is 0.113. The second kappa shape index (κ2) is 7.23. The highest BCUT2D eigenvalue weighted by molar-refractivity contribution is 5.32. The van der Waals surface area contributed by atoms with Gasteiger partial charge in [-0.05, 0) is 44.9 Å². The molecule has 1 aromatic carbocycles. The standard InChI is InChI=1S/C17H26FNO2/c1-4-21-17(10-5-6-11-17)15(19-2)12-13-8-7-9-14(20-3)16(13)18/h7-9,15,19H,4-6,10-12H2,1-3H3. The molecule has 0 heterocycles. The Bertz CT molecular complexity index is 458. The van der Waals surface area contributed by atoms with Crippen LogP contribution in [0.1, 0.15) is 38.2 Å². The summed E-state index contributed by atoms with van der Waals surface area (Å²) < 4.78 is 25.5. The molecule has 21 heavy (non-hydrogen) atoms. The predicted octanol–water partition coefficient (Wildman–Crippen LogP) is 3.31. The van der Waals surface area contributed by atoms with Crippen molar-refractivity contribution in [3.63, 3.8) is 0 Å². The highest BCUT2D eigenvalue weighted by atomic mass is 19.1. The molecule has 0 radical (unpaired) electrons. The molecule has 4 heteroatoms. The molecule has 1 aliphatic rings. The molecule has 0 spiro atoms. The summed E-state index contributed by atoms with van der Waals surface area (Å²) >= 11 is 0. The van der Waals surface area contributed by atoms with Crippen LogP contribution < -0.4 is 10.1 Å². The van der Waals surface area contributed by atoms with Crippen molar-refractivity contribution in [3.05, 3.63) is 29.6 Å². The maximum absolute atomic E-state index is 14.4. The van der Waals surface area contributed by atoms with Gasteiger partial charge in [0.05, 0.1) is 12.7 Å². The number of benzene rings is 1. The topological polar surface area (TPSA) is 30.5 Å². The van der Waals surface area contributed by atoms with Gasteiger partial charge in [-0.15, -0.1) is 0 Å². The number of rotatable bonds is 7. The second-order valence-corrected chi connectivity index (χ2v) is 5.68. The number of ether oxygens (including phenoxy) is 2. The molecule has 1 atom stereocenters. The number of hydrogen-bond donors (Lipinski definition) is 1. The zero-order valence-corrected chi connectivity index (χ0v) is 13.2. The molecule has 1 aromatic rings. The molecular weight excluding hydrogens is 269 g/mol. The Labute approximate surface area is 126 Å². The van der Waals surface area contributed by atoms with E-state index in [0.29, 0.717) is 24.3 Å². The average Bonchev–Trinajstić information content (AvgIpc) is 2.96. The molecule has 118 valence electrons. The third kappa shape index (κ3) is 3.38. The van der Waals surface area contributed by atoms with Crippen LogP contribution in [-0.4, -0.2) is 32.4 Å². The van der Waals surface area contributed by atoms with E-state index in [2.05, 4.69) is 5.32 Å². The molecule has 0 bridgehead atoms. The number of halogens is 1. The van der Waals surface area contributed by atoms with Crippen LogP contribution in [0.15, 0.2) is 18.2 Å². The van der Waals surface area contributed by atoms with E-state index in [1.165, 1.54) is 20.0 Å². The molecule has 2 rings (SSSR count). The van der Waals surface area contributed by atoms with E-state index < -0.39 is 0 Å². The summed E-state index contributed by atoms with van der Waals surface area (Å²) in [5.41, 5.74) is 0.513. The lowest BCUT2D eigenvalue weighted by Crippen LogP contribution is -2.51. The molecule has 1 fully saturated rings. The van der Waals surface area contributed by atoms with E-state index >= 15 is 0 Å². The van der Waals surface area contributed by atoms with Gasteiger partial charge in [0.1, 0.15) is 0 Å². The Morgan fingerprint density at radius 1 is 1.33 bits per heavy atom. The van der Waals surface area contributed by atoms with Crippen LogP contribution in [0.5, 0.6) is 5.75 Å². The monoisotopic (exact) mass is 295 g/mol. The first kappa shape index (κ1) is 16.2. The minimum atomic E-state index is -0.259. The van der Waals surface area contributed by atoms with Gasteiger partial charge < -0.3 is 14.8 Å². The van der Waals surface area contributed by atoms with Crippen molar-refractivity contribution in [1.29, 1.82) is 0 Å². The summed E-state index contributed by atoms with van der Waals surface area (Å²) in [4.78, 5) is 0. The van der Waals surface area contributed by atoms with E-state index in [1.807, 2.05) is 26.1 Å². The van der Waals surface area contributed by atoms with Crippen molar-refractivity contribution < 1.29 is 13.9 Å². The van der Waals surface area contributed by atoms with Gasteiger partial charge in [0, 0.05) is 12.6 Å². The van der Waals surface area contributed by atoms with Crippen molar-refractivity contribution in [1.82, 2.24) is 5.32 Å². The summed E-state index contributed by atoms with van der Waals surface area (Å²) in [5.74, 6) is 0.0455. The van der Waals surface area contributed by atoms with Gasteiger partial charge in [0.25, 0.3) is 0 Å². The Morgan fingerprint density at radius 2 is 2.05 bits per heavy atom. The fourth-order valence-corrected chi connectivity index (χ4v) is 3.50. The van der Waals surface area contributed by atoms with E-state index in [9.17, 15) is 4.39 Å². The first-order chi connectivity index (χ1) is 10.2. The quantitative estimate of drug-likeness (QED) is 0.837. The van der Waals surface area contributed by atoms with Gasteiger partial charge in [-0.1, -0.05) is 25.0 Å². The first-order valence-corrected chi connectivity index (χ1v) is 7.79. The van der Waals surface area contributed by atoms with E-state index in [-0.39, 0.29) is 17.5 Å². The molecule has 1 unspecified atom stereocenters. The summed E-state index contributed by atoms with van der Waals surface area (Å²) in [6, 6.07) is 5.44. The molecule has 0 aromatic heterocycles. The van der Waals surface area contributed by atoms with Gasteiger partial charge in [-0.3, -0.25) is 0 Å². The Kier molecular flexibility index (Phi) is 5.59. The zero-order valence-electron chi connectivity index (χ0n) is 13.2. The minimum Gasteiger partial charge on any atom is -0.494 e. The third-order valence-corrected chi connectivity index (χ3v) is 4.55. The van der Waals surface area contributed by atoms with Crippen LogP contribution in [-0.2, 0) is 11.2 Å². The first-order valence-electron chi connectivity index (χ1n) is 7.79. The van der Waals surface area contributed by atoms with E-state index in [1.54, 1.807) is 6.07 Å². The fourth-order valence-electron chi connectivity index (χ4n) is 3.50. The van der Waals surface area contributed by atoms with Crippen LogP contribution >= 0.6 is 0 Å². The van der Waals surface area contributed by atoms with Crippen LogP contribution in [0, 0.1) is 5.82 Å². The Morgan fingerprint density at radius 3 is 2.62 bits per heavy atom. The predicted molar refractivity (Wildman–Crippen MR) is 82.3 cm³/mol. The van der Waals surface area contributed by atoms with Crippen LogP contribution in [0.3, 0.4) is 0 Å². The average molecular weight is 295 g/mol. The lowest BCUT2D eigenvalue weighted by atomic mass is 9.87. The van der Waals surface area contributed by atoms with E-state index in [4.69, 9.17) is 9.47 Å².